The van der Waals surface area contributed by atoms with Crippen molar-refractivity contribution in [3.8, 4) is 0 Å². The van der Waals surface area contributed by atoms with Crippen LogP contribution >= 0.6 is 0 Å². The van der Waals surface area contributed by atoms with E-state index in [2.05, 4.69) is 5.32 Å². The van der Waals surface area contributed by atoms with Crippen LogP contribution in [0, 0.1) is 17.0 Å². The smallest absolute Gasteiger partial charge is 0.270 e. The van der Waals surface area contributed by atoms with Crippen molar-refractivity contribution in [2.75, 3.05) is 0 Å². The van der Waals surface area contributed by atoms with Crippen LogP contribution in [0.4, 0.5) is 5.69 Å². The summed E-state index contributed by atoms with van der Waals surface area (Å²) in [7, 11) is 0. The summed E-state index contributed by atoms with van der Waals surface area (Å²) in [6.45, 7) is 1.73. The largest absolute Gasteiger partial charge is 0.391 e. The molecule has 0 saturated heterocycles. The summed E-state index contributed by atoms with van der Waals surface area (Å²) in [4.78, 5) is 22.5. The van der Waals surface area contributed by atoms with Gasteiger partial charge in [-0.15, -0.1) is 0 Å². The van der Waals surface area contributed by atoms with Crippen LogP contribution in [-0.4, -0.2) is 28.1 Å². The zero-order chi connectivity index (χ0) is 14.7. The number of nitrogens with one attached hydrogen (secondary N) is 1. The van der Waals surface area contributed by atoms with E-state index in [1.54, 1.807) is 13.0 Å². The molecule has 1 aromatic rings. The Bertz CT molecular complexity index is 530. The number of amides is 1. The van der Waals surface area contributed by atoms with Crippen molar-refractivity contribution in [2.24, 2.45) is 0 Å². The lowest BCUT2D eigenvalue weighted by molar-refractivity contribution is -0.384. The molecule has 0 unspecified atom stereocenters. The molecular weight excluding hydrogens is 260 g/mol. The first-order valence-electron chi connectivity index (χ1n) is 6.73. The average Bonchev–Trinajstić information content (AvgIpc) is 2.41. The van der Waals surface area contributed by atoms with Gasteiger partial charge in [0, 0.05) is 17.7 Å². The Hall–Kier alpha value is -1.95. The zero-order valence-electron chi connectivity index (χ0n) is 11.3. The van der Waals surface area contributed by atoms with Crippen LogP contribution in [-0.2, 0) is 0 Å². The number of nitro groups is 1. The number of carbonyl (C=O) groups excluding carboxylic acids is 1. The van der Waals surface area contributed by atoms with E-state index in [4.69, 9.17) is 0 Å². The molecule has 1 amide bonds. The lowest BCUT2D eigenvalue weighted by atomic mass is 9.92. The number of aliphatic hydroxyl groups excluding tert-OH is 1. The highest BCUT2D eigenvalue weighted by atomic mass is 16.6. The summed E-state index contributed by atoms with van der Waals surface area (Å²) < 4.78 is 0. The van der Waals surface area contributed by atoms with E-state index in [1.807, 2.05) is 0 Å². The lowest BCUT2D eigenvalue weighted by Crippen LogP contribution is -2.45. The van der Waals surface area contributed by atoms with E-state index in [0.29, 0.717) is 12.0 Å². The summed E-state index contributed by atoms with van der Waals surface area (Å²) in [6, 6.07) is 3.95. The number of benzene rings is 1. The van der Waals surface area contributed by atoms with E-state index in [0.717, 1.165) is 19.3 Å². The fraction of sp³-hybridized carbons (Fsp3) is 0.500. The predicted molar refractivity (Wildman–Crippen MR) is 73.6 cm³/mol. The molecule has 0 aliphatic heterocycles. The molecule has 0 aromatic heterocycles. The molecule has 2 N–H and O–H groups in total. The van der Waals surface area contributed by atoms with Crippen LogP contribution < -0.4 is 5.32 Å². The predicted octanol–water partition coefficient (Wildman–Crippen LogP) is 1.94. The first kappa shape index (κ1) is 14.5. The van der Waals surface area contributed by atoms with Gasteiger partial charge in [-0.25, -0.2) is 0 Å². The SMILES string of the molecule is Cc1ccc([N+](=O)[O-])cc1C(=O)N[C@@H]1CCCC[C@H]1O. The van der Waals surface area contributed by atoms with Gasteiger partial charge in [0.25, 0.3) is 11.6 Å². The fourth-order valence-corrected chi connectivity index (χ4v) is 2.49. The summed E-state index contributed by atoms with van der Waals surface area (Å²) >= 11 is 0. The lowest BCUT2D eigenvalue weighted by Gasteiger charge is -2.28. The molecule has 1 saturated carbocycles. The molecule has 1 fully saturated rings. The molecule has 0 spiro atoms. The second-order valence-corrected chi connectivity index (χ2v) is 5.19. The number of hydrogen-bond acceptors (Lipinski definition) is 4. The maximum atomic E-state index is 12.2. The number of nitro benzene ring substituents is 1. The first-order chi connectivity index (χ1) is 9.49. The molecular formula is C14H18N2O4. The maximum absolute atomic E-state index is 12.2. The summed E-state index contributed by atoms with van der Waals surface area (Å²) in [5.41, 5.74) is 0.861. The van der Waals surface area contributed by atoms with Crippen LogP contribution in [0.15, 0.2) is 18.2 Å². The van der Waals surface area contributed by atoms with Crippen LogP contribution in [0.25, 0.3) is 0 Å². The molecule has 1 aliphatic carbocycles. The molecule has 1 aliphatic rings. The van der Waals surface area contributed by atoms with E-state index >= 15 is 0 Å². The zero-order valence-corrected chi connectivity index (χ0v) is 11.3. The van der Waals surface area contributed by atoms with Gasteiger partial charge in [-0.3, -0.25) is 14.9 Å². The Labute approximate surface area is 117 Å². The normalized spacial score (nSPS) is 22.3. The minimum Gasteiger partial charge on any atom is -0.391 e. The second kappa shape index (κ2) is 6.00. The van der Waals surface area contributed by atoms with E-state index < -0.39 is 11.0 Å². The Morgan fingerprint density at radius 1 is 1.40 bits per heavy atom. The van der Waals surface area contributed by atoms with Crippen LogP contribution in [0.1, 0.15) is 41.6 Å². The van der Waals surface area contributed by atoms with Gasteiger partial charge in [-0.2, -0.15) is 0 Å². The minimum atomic E-state index is -0.535. The van der Waals surface area contributed by atoms with Gasteiger partial charge in [0.15, 0.2) is 0 Å². The van der Waals surface area contributed by atoms with Crippen LogP contribution in [0.2, 0.25) is 0 Å². The molecule has 0 heterocycles. The van der Waals surface area contributed by atoms with Crippen LogP contribution in [0.3, 0.4) is 0 Å². The highest BCUT2D eigenvalue weighted by molar-refractivity contribution is 5.96. The van der Waals surface area contributed by atoms with E-state index in [1.165, 1.54) is 12.1 Å². The van der Waals surface area contributed by atoms with Crippen molar-refractivity contribution in [3.63, 3.8) is 0 Å². The standard InChI is InChI=1S/C14H18N2O4/c1-9-6-7-10(16(19)20)8-11(9)14(18)15-12-4-2-3-5-13(12)17/h6-8,12-13,17H,2-5H2,1H3,(H,15,18)/t12-,13-/m1/s1. The van der Waals surface area contributed by atoms with Crippen molar-refractivity contribution < 1.29 is 14.8 Å². The Morgan fingerprint density at radius 2 is 2.10 bits per heavy atom. The van der Waals surface area contributed by atoms with Gasteiger partial charge in [-0.05, 0) is 25.3 Å². The number of hydrogen-bond donors (Lipinski definition) is 2. The first-order valence-corrected chi connectivity index (χ1v) is 6.73. The van der Waals surface area contributed by atoms with Crippen molar-refractivity contribution in [2.45, 2.75) is 44.8 Å². The highest BCUT2D eigenvalue weighted by Gasteiger charge is 2.25. The third-order valence-electron chi connectivity index (χ3n) is 3.72. The number of aliphatic hydroxyl groups is 1. The number of aryl methyl sites for hydroxylation is 1. The third kappa shape index (κ3) is 3.14. The molecule has 108 valence electrons. The summed E-state index contributed by atoms with van der Waals surface area (Å²) in [5, 5.41) is 23.4. The van der Waals surface area contributed by atoms with Gasteiger partial charge in [0.05, 0.1) is 17.1 Å². The topological polar surface area (TPSA) is 92.5 Å². The van der Waals surface area contributed by atoms with Gasteiger partial charge < -0.3 is 10.4 Å². The Balaban J connectivity index is 2.16. The molecule has 0 radical (unpaired) electrons. The highest BCUT2D eigenvalue weighted by Crippen LogP contribution is 2.21. The van der Waals surface area contributed by atoms with Crippen molar-refractivity contribution in [1.82, 2.24) is 5.32 Å². The Morgan fingerprint density at radius 3 is 2.75 bits per heavy atom. The third-order valence-corrected chi connectivity index (χ3v) is 3.72. The van der Waals surface area contributed by atoms with Crippen molar-refractivity contribution >= 4 is 11.6 Å². The molecule has 0 bridgehead atoms. The number of rotatable bonds is 3. The van der Waals surface area contributed by atoms with Crippen LogP contribution in [0.5, 0.6) is 0 Å². The molecule has 6 nitrogen and oxygen atoms in total. The average molecular weight is 278 g/mol. The van der Waals surface area contributed by atoms with Crippen molar-refractivity contribution in [1.29, 1.82) is 0 Å². The monoisotopic (exact) mass is 278 g/mol. The molecule has 2 atom stereocenters. The fourth-order valence-electron chi connectivity index (χ4n) is 2.49. The van der Waals surface area contributed by atoms with Gasteiger partial charge >= 0.3 is 0 Å². The van der Waals surface area contributed by atoms with Gasteiger partial charge in [-0.1, -0.05) is 18.9 Å². The molecule has 6 heteroatoms. The molecule has 20 heavy (non-hydrogen) atoms. The maximum Gasteiger partial charge on any atom is 0.270 e. The van der Waals surface area contributed by atoms with Gasteiger partial charge in [0.2, 0.25) is 0 Å². The Kier molecular flexibility index (Phi) is 4.34. The van der Waals surface area contributed by atoms with Gasteiger partial charge in [0.1, 0.15) is 0 Å². The van der Waals surface area contributed by atoms with Crippen molar-refractivity contribution in [3.05, 3.63) is 39.4 Å². The summed E-state index contributed by atoms with van der Waals surface area (Å²) in [6.07, 6.45) is 2.81. The summed E-state index contributed by atoms with van der Waals surface area (Å²) in [5.74, 6) is -0.364. The van der Waals surface area contributed by atoms with E-state index in [-0.39, 0.29) is 23.2 Å². The quantitative estimate of drug-likeness (QED) is 0.652. The number of non-ortho nitro benzene ring substituents is 1. The number of nitrogens with zero attached hydrogens (tertiary/aromatic N) is 1. The molecule has 1 aromatic carbocycles. The number of carbonyl (C=O) groups is 1. The second-order valence-electron chi connectivity index (χ2n) is 5.19. The molecule has 2 rings (SSSR count). The minimum absolute atomic E-state index is 0.107. The van der Waals surface area contributed by atoms with E-state index in [9.17, 15) is 20.0 Å².